The Balaban J connectivity index is 1.95. The van der Waals surface area contributed by atoms with Crippen molar-refractivity contribution in [2.75, 3.05) is 6.54 Å². The highest BCUT2D eigenvalue weighted by Crippen LogP contribution is 2.23. The number of halogens is 2. The number of ketones is 1. The highest BCUT2D eigenvalue weighted by molar-refractivity contribution is 5.98. The second kappa shape index (κ2) is 7.51. The average Bonchev–Trinajstić information content (AvgIpc) is 2.55. The fourth-order valence-corrected chi connectivity index (χ4v) is 2.83. The van der Waals surface area contributed by atoms with Crippen LogP contribution >= 0.6 is 0 Å². The molecule has 7 heteroatoms. The number of Topliss-reactive ketones (excluding diaryl/α,β-unsaturated/α-hetero) is 1. The molecule has 1 aliphatic rings. The molecule has 1 saturated heterocycles. The van der Waals surface area contributed by atoms with Crippen LogP contribution in [0.15, 0.2) is 18.2 Å². The lowest BCUT2D eigenvalue weighted by molar-refractivity contribution is -0.147. The molecule has 1 heterocycles. The molecule has 0 bridgehead atoms. The average molecular weight is 339 g/mol. The molecule has 0 spiro atoms. The van der Waals surface area contributed by atoms with E-state index < -0.39 is 29.3 Å². The van der Waals surface area contributed by atoms with E-state index in [-0.39, 0.29) is 36.9 Å². The quantitative estimate of drug-likeness (QED) is 0.837. The summed E-state index contributed by atoms with van der Waals surface area (Å²) < 4.78 is 26.0. The van der Waals surface area contributed by atoms with Crippen molar-refractivity contribution in [3.63, 3.8) is 0 Å². The normalized spacial score (nSPS) is 20.7. The first-order valence-electron chi connectivity index (χ1n) is 7.80. The first kappa shape index (κ1) is 18.0. The van der Waals surface area contributed by atoms with Crippen LogP contribution in [0.1, 0.15) is 43.0 Å². The van der Waals surface area contributed by atoms with E-state index in [0.29, 0.717) is 12.8 Å². The number of hydrogen-bond acceptors (Lipinski definition) is 3. The molecule has 1 amide bonds. The minimum atomic E-state index is -1.11. The highest BCUT2D eigenvalue weighted by atomic mass is 19.2. The van der Waals surface area contributed by atoms with Crippen molar-refractivity contribution in [3.05, 3.63) is 35.4 Å². The van der Waals surface area contributed by atoms with Gasteiger partial charge in [0.25, 0.3) is 0 Å². The second-order valence-corrected chi connectivity index (χ2v) is 6.06. The Labute approximate surface area is 138 Å². The Bertz CT molecular complexity index is 662. The number of carboxylic acid groups (broad SMARTS) is 1. The topological polar surface area (TPSA) is 74.7 Å². The summed E-state index contributed by atoms with van der Waals surface area (Å²) in [6.45, 7) is 1.97. The summed E-state index contributed by atoms with van der Waals surface area (Å²) in [5.74, 6) is -4.43. The Hall–Kier alpha value is -2.31. The molecule has 2 unspecified atom stereocenters. The predicted molar refractivity (Wildman–Crippen MR) is 81.5 cm³/mol. The zero-order valence-electron chi connectivity index (χ0n) is 13.3. The van der Waals surface area contributed by atoms with Gasteiger partial charge < -0.3 is 10.0 Å². The summed E-state index contributed by atoms with van der Waals surface area (Å²) in [5.41, 5.74) is 0.0109. The lowest BCUT2D eigenvalue weighted by Gasteiger charge is -2.36. The molecule has 1 fully saturated rings. The number of rotatable bonds is 5. The summed E-state index contributed by atoms with van der Waals surface area (Å²) >= 11 is 0. The number of nitrogens with zero attached hydrogens (tertiary/aromatic N) is 1. The predicted octanol–water partition coefficient (Wildman–Crippen LogP) is 2.64. The fraction of sp³-hybridized carbons (Fsp3) is 0.471. The molecule has 130 valence electrons. The Morgan fingerprint density at radius 2 is 1.88 bits per heavy atom. The number of hydrogen-bond donors (Lipinski definition) is 1. The Kier molecular flexibility index (Phi) is 5.64. The maximum absolute atomic E-state index is 13.1. The van der Waals surface area contributed by atoms with E-state index in [0.717, 1.165) is 12.1 Å². The van der Waals surface area contributed by atoms with Gasteiger partial charge in [0.05, 0.1) is 5.92 Å². The molecule has 2 atom stereocenters. The van der Waals surface area contributed by atoms with Crippen molar-refractivity contribution in [1.82, 2.24) is 4.90 Å². The van der Waals surface area contributed by atoms with Gasteiger partial charge in [0.2, 0.25) is 5.91 Å². The highest BCUT2D eigenvalue weighted by Gasteiger charge is 2.32. The maximum Gasteiger partial charge on any atom is 0.308 e. The van der Waals surface area contributed by atoms with E-state index in [1.165, 1.54) is 11.0 Å². The van der Waals surface area contributed by atoms with Gasteiger partial charge in [-0.1, -0.05) is 0 Å². The van der Waals surface area contributed by atoms with Gasteiger partial charge in [-0.15, -0.1) is 0 Å². The lowest BCUT2D eigenvalue weighted by atomic mass is 9.93. The van der Waals surface area contributed by atoms with E-state index in [1.54, 1.807) is 0 Å². The third kappa shape index (κ3) is 4.15. The molecule has 2 rings (SSSR count). The smallest absolute Gasteiger partial charge is 0.308 e. The van der Waals surface area contributed by atoms with Gasteiger partial charge >= 0.3 is 5.97 Å². The Morgan fingerprint density at radius 1 is 1.17 bits per heavy atom. The van der Waals surface area contributed by atoms with Gasteiger partial charge in [-0.05, 0) is 38.0 Å². The SMILES string of the molecule is CC1CCC(C(=O)O)CN1C(=O)CCC(=O)c1ccc(F)c(F)c1. The summed E-state index contributed by atoms with van der Waals surface area (Å²) in [6.07, 6.45) is 0.896. The Morgan fingerprint density at radius 3 is 2.50 bits per heavy atom. The number of likely N-dealkylation sites (tertiary alicyclic amines) is 1. The molecule has 24 heavy (non-hydrogen) atoms. The minimum absolute atomic E-state index is 0.0109. The second-order valence-electron chi connectivity index (χ2n) is 6.06. The standard InChI is InChI=1S/C17H19F2NO4/c1-10-2-3-12(17(23)24)9-20(10)16(22)7-6-15(21)11-4-5-13(18)14(19)8-11/h4-5,8,10,12H,2-3,6-7,9H2,1H3,(H,23,24). The molecule has 1 aromatic rings. The summed E-state index contributed by atoms with van der Waals surface area (Å²) in [7, 11) is 0. The minimum Gasteiger partial charge on any atom is -0.481 e. The molecule has 1 aromatic carbocycles. The number of piperidine rings is 1. The zero-order valence-corrected chi connectivity index (χ0v) is 13.3. The van der Waals surface area contributed by atoms with Gasteiger partial charge in [-0.2, -0.15) is 0 Å². The monoisotopic (exact) mass is 339 g/mol. The van der Waals surface area contributed by atoms with E-state index in [1.807, 2.05) is 6.92 Å². The van der Waals surface area contributed by atoms with Crippen molar-refractivity contribution >= 4 is 17.7 Å². The van der Waals surface area contributed by atoms with E-state index >= 15 is 0 Å². The molecule has 1 N–H and O–H groups in total. The maximum atomic E-state index is 13.1. The summed E-state index contributed by atoms with van der Waals surface area (Å²) in [4.78, 5) is 36.8. The number of aliphatic carboxylic acids is 1. The van der Waals surface area contributed by atoms with Crippen LogP contribution in [0.2, 0.25) is 0 Å². The van der Waals surface area contributed by atoms with Crippen LogP contribution in [0.25, 0.3) is 0 Å². The van der Waals surface area contributed by atoms with E-state index in [2.05, 4.69) is 0 Å². The van der Waals surface area contributed by atoms with Crippen LogP contribution < -0.4 is 0 Å². The molecular formula is C17H19F2NO4. The summed E-state index contributed by atoms with van der Waals surface area (Å²) in [6, 6.07) is 2.78. The van der Waals surface area contributed by atoms with E-state index in [4.69, 9.17) is 5.11 Å². The number of carbonyl (C=O) groups is 3. The molecular weight excluding hydrogens is 320 g/mol. The van der Waals surface area contributed by atoms with Crippen molar-refractivity contribution in [1.29, 1.82) is 0 Å². The first-order valence-corrected chi connectivity index (χ1v) is 7.80. The van der Waals surface area contributed by atoms with Crippen LogP contribution in [0.5, 0.6) is 0 Å². The van der Waals surface area contributed by atoms with Crippen molar-refractivity contribution in [2.24, 2.45) is 5.92 Å². The van der Waals surface area contributed by atoms with Crippen LogP contribution in [-0.2, 0) is 9.59 Å². The fourth-order valence-electron chi connectivity index (χ4n) is 2.83. The van der Waals surface area contributed by atoms with E-state index in [9.17, 15) is 23.2 Å². The van der Waals surface area contributed by atoms with Gasteiger partial charge in [0, 0.05) is 31.0 Å². The molecule has 0 radical (unpaired) electrons. The zero-order chi connectivity index (χ0) is 17.9. The van der Waals surface area contributed by atoms with Gasteiger partial charge in [0.15, 0.2) is 17.4 Å². The lowest BCUT2D eigenvalue weighted by Crippen LogP contribution is -2.47. The summed E-state index contributed by atoms with van der Waals surface area (Å²) in [5, 5.41) is 9.08. The molecule has 5 nitrogen and oxygen atoms in total. The third-order valence-electron chi connectivity index (χ3n) is 4.36. The molecule has 1 aliphatic heterocycles. The van der Waals surface area contributed by atoms with Crippen molar-refractivity contribution in [2.45, 2.75) is 38.6 Å². The van der Waals surface area contributed by atoms with Gasteiger partial charge in [0.1, 0.15) is 0 Å². The third-order valence-corrected chi connectivity index (χ3v) is 4.36. The number of benzene rings is 1. The molecule has 0 aliphatic carbocycles. The van der Waals surface area contributed by atoms with Gasteiger partial charge in [-0.3, -0.25) is 14.4 Å². The van der Waals surface area contributed by atoms with Crippen LogP contribution in [0.4, 0.5) is 8.78 Å². The van der Waals surface area contributed by atoms with Crippen molar-refractivity contribution in [3.8, 4) is 0 Å². The van der Waals surface area contributed by atoms with Crippen LogP contribution in [0.3, 0.4) is 0 Å². The van der Waals surface area contributed by atoms with Crippen molar-refractivity contribution < 1.29 is 28.3 Å². The number of carboxylic acids is 1. The first-order chi connectivity index (χ1) is 11.3. The van der Waals surface area contributed by atoms with Gasteiger partial charge in [-0.25, -0.2) is 8.78 Å². The van der Waals surface area contributed by atoms with Crippen LogP contribution in [0, 0.1) is 17.6 Å². The molecule has 0 aromatic heterocycles. The largest absolute Gasteiger partial charge is 0.481 e. The number of carbonyl (C=O) groups excluding carboxylic acids is 2. The molecule has 0 saturated carbocycles. The number of amides is 1. The van der Waals surface area contributed by atoms with Crippen LogP contribution in [-0.4, -0.2) is 40.3 Å².